The van der Waals surface area contributed by atoms with E-state index in [2.05, 4.69) is 15.9 Å². The zero-order valence-corrected chi connectivity index (χ0v) is 7.74. The Bertz CT molecular complexity index is 237. The highest BCUT2D eigenvalue weighted by Gasteiger charge is 2.01. The van der Waals surface area contributed by atoms with Crippen molar-refractivity contribution in [3.8, 4) is 5.75 Å². The van der Waals surface area contributed by atoms with Crippen LogP contribution in [0.3, 0.4) is 0 Å². The lowest BCUT2D eigenvalue weighted by molar-refractivity contribution is 0.412. The maximum absolute atomic E-state index is 5.77. The van der Waals surface area contributed by atoms with Crippen molar-refractivity contribution >= 4 is 27.5 Å². The van der Waals surface area contributed by atoms with Gasteiger partial charge in [0.2, 0.25) is 0 Å². The van der Waals surface area contributed by atoms with Crippen LogP contribution in [0.25, 0.3) is 0 Å². The van der Waals surface area contributed by atoms with Crippen LogP contribution in [0.15, 0.2) is 22.7 Å². The van der Waals surface area contributed by atoms with Gasteiger partial charge >= 0.3 is 0 Å². The standard InChI is InChI=1S/C7H6BrClO/c1-10-6-4-2-3-5(9)7(6)8/h2-4H,1H3. The molecule has 0 fully saturated rings. The third-order valence-corrected chi connectivity index (χ3v) is 2.50. The summed E-state index contributed by atoms with van der Waals surface area (Å²) < 4.78 is 5.80. The molecule has 0 spiro atoms. The second kappa shape index (κ2) is 3.26. The van der Waals surface area contributed by atoms with E-state index in [1.54, 1.807) is 13.2 Å². The summed E-state index contributed by atoms with van der Waals surface area (Å²) >= 11 is 9.05. The molecule has 0 bridgehead atoms. The molecule has 0 amide bonds. The molecule has 10 heavy (non-hydrogen) atoms. The Morgan fingerprint density at radius 1 is 1.50 bits per heavy atom. The van der Waals surface area contributed by atoms with E-state index in [4.69, 9.17) is 16.3 Å². The molecule has 3 heteroatoms. The lowest BCUT2D eigenvalue weighted by Crippen LogP contribution is -1.83. The van der Waals surface area contributed by atoms with Crippen LogP contribution in [-0.2, 0) is 0 Å². The van der Waals surface area contributed by atoms with Crippen LogP contribution in [-0.4, -0.2) is 7.11 Å². The number of ether oxygens (including phenoxy) is 1. The first-order valence-electron chi connectivity index (χ1n) is 2.73. The lowest BCUT2D eigenvalue weighted by atomic mass is 10.3. The monoisotopic (exact) mass is 220 g/mol. The molecule has 0 saturated carbocycles. The van der Waals surface area contributed by atoms with E-state index in [0.29, 0.717) is 5.02 Å². The molecule has 1 aromatic carbocycles. The summed E-state index contributed by atoms with van der Waals surface area (Å²) in [7, 11) is 1.61. The molecule has 0 radical (unpaired) electrons. The van der Waals surface area contributed by atoms with Crippen molar-refractivity contribution in [3.05, 3.63) is 27.7 Å². The molecular weight excluding hydrogens is 215 g/mol. The highest BCUT2D eigenvalue weighted by molar-refractivity contribution is 9.10. The van der Waals surface area contributed by atoms with Crippen LogP contribution < -0.4 is 4.74 Å². The molecule has 0 unspecified atom stereocenters. The van der Waals surface area contributed by atoms with Crippen LogP contribution in [0.2, 0.25) is 5.02 Å². The van der Waals surface area contributed by atoms with E-state index in [0.717, 1.165) is 10.2 Å². The van der Waals surface area contributed by atoms with Crippen molar-refractivity contribution in [1.82, 2.24) is 0 Å². The van der Waals surface area contributed by atoms with Gasteiger partial charge < -0.3 is 4.74 Å². The van der Waals surface area contributed by atoms with Crippen molar-refractivity contribution in [1.29, 1.82) is 0 Å². The Hall–Kier alpha value is -0.210. The minimum absolute atomic E-state index is 0.666. The number of methoxy groups -OCH3 is 1. The summed E-state index contributed by atoms with van der Waals surface area (Å²) in [5.74, 6) is 0.757. The average molecular weight is 221 g/mol. The first-order valence-corrected chi connectivity index (χ1v) is 3.91. The van der Waals surface area contributed by atoms with E-state index < -0.39 is 0 Å². The zero-order valence-electron chi connectivity index (χ0n) is 5.40. The molecule has 54 valence electrons. The van der Waals surface area contributed by atoms with Gasteiger partial charge in [-0.05, 0) is 28.1 Å². The molecule has 0 saturated heterocycles. The number of rotatable bonds is 1. The fourth-order valence-corrected chi connectivity index (χ4v) is 1.23. The molecule has 0 aliphatic heterocycles. The van der Waals surface area contributed by atoms with Crippen LogP contribution in [0.5, 0.6) is 5.75 Å². The van der Waals surface area contributed by atoms with Crippen molar-refractivity contribution < 1.29 is 4.74 Å². The molecular formula is C7H6BrClO. The first-order chi connectivity index (χ1) is 4.75. The molecule has 0 aliphatic rings. The van der Waals surface area contributed by atoms with Crippen molar-refractivity contribution in [2.24, 2.45) is 0 Å². The minimum atomic E-state index is 0.666. The van der Waals surface area contributed by atoms with Gasteiger partial charge in [0.25, 0.3) is 0 Å². The zero-order chi connectivity index (χ0) is 7.56. The Kier molecular flexibility index (Phi) is 2.57. The van der Waals surface area contributed by atoms with E-state index in [1.165, 1.54) is 0 Å². The molecule has 0 aromatic heterocycles. The Labute approximate surface area is 73.1 Å². The van der Waals surface area contributed by atoms with Gasteiger partial charge in [0.1, 0.15) is 5.75 Å². The van der Waals surface area contributed by atoms with Gasteiger partial charge in [0, 0.05) is 0 Å². The third-order valence-electron chi connectivity index (χ3n) is 1.14. The van der Waals surface area contributed by atoms with Gasteiger partial charge in [-0.2, -0.15) is 0 Å². The second-order valence-electron chi connectivity index (χ2n) is 1.76. The molecule has 0 N–H and O–H groups in total. The predicted molar refractivity (Wildman–Crippen MR) is 45.7 cm³/mol. The maximum Gasteiger partial charge on any atom is 0.134 e. The normalized spacial score (nSPS) is 9.50. The highest BCUT2D eigenvalue weighted by atomic mass is 79.9. The quantitative estimate of drug-likeness (QED) is 0.708. The van der Waals surface area contributed by atoms with E-state index >= 15 is 0 Å². The van der Waals surface area contributed by atoms with Gasteiger partial charge in [0.05, 0.1) is 16.6 Å². The number of hydrogen-bond acceptors (Lipinski definition) is 1. The van der Waals surface area contributed by atoms with Gasteiger partial charge in [-0.3, -0.25) is 0 Å². The average Bonchev–Trinajstić information content (AvgIpc) is 1.95. The molecule has 0 atom stereocenters. The SMILES string of the molecule is COc1cccc(Cl)c1Br. The molecule has 1 nitrogen and oxygen atoms in total. The summed E-state index contributed by atoms with van der Waals surface area (Å²) in [4.78, 5) is 0. The van der Waals surface area contributed by atoms with Crippen molar-refractivity contribution in [2.45, 2.75) is 0 Å². The summed E-state index contributed by atoms with van der Waals surface area (Å²) in [6.45, 7) is 0. The summed E-state index contributed by atoms with van der Waals surface area (Å²) in [6, 6.07) is 5.48. The Morgan fingerprint density at radius 2 is 2.20 bits per heavy atom. The van der Waals surface area contributed by atoms with Gasteiger partial charge in [-0.1, -0.05) is 17.7 Å². The molecule has 0 aliphatic carbocycles. The minimum Gasteiger partial charge on any atom is -0.496 e. The number of hydrogen-bond donors (Lipinski definition) is 0. The second-order valence-corrected chi connectivity index (χ2v) is 2.96. The van der Waals surface area contributed by atoms with Crippen LogP contribution in [0, 0.1) is 0 Å². The first kappa shape index (κ1) is 7.89. The number of benzene rings is 1. The van der Waals surface area contributed by atoms with Gasteiger partial charge in [-0.15, -0.1) is 0 Å². The van der Waals surface area contributed by atoms with Crippen LogP contribution in [0.4, 0.5) is 0 Å². The molecule has 1 rings (SSSR count). The van der Waals surface area contributed by atoms with Crippen molar-refractivity contribution in [3.63, 3.8) is 0 Å². The van der Waals surface area contributed by atoms with Crippen LogP contribution >= 0.6 is 27.5 Å². The van der Waals surface area contributed by atoms with Gasteiger partial charge in [0.15, 0.2) is 0 Å². The summed E-state index contributed by atoms with van der Waals surface area (Å²) in [5, 5.41) is 0.666. The van der Waals surface area contributed by atoms with E-state index in [1.807, 2.05) is 12.1 Å². The Morgan fingerprint density at radius 3 is 2.70 bits per heavy atom. The maximum atomic E-state index is 5.77. The largest absolute Gasteiger partial charge is 0.496 e. The van der Waals surface area contributed by atoms with E-state index in [-0.39, 0.29) is 0 Å². The third kappa shape index (κ3) is 1.44. The van der Waals surface area contributed by atoms with Gasteiger partial charge in [-0.25, -0.2) is 0 Å². The summed E-state index contributed by atoms with van der Waals surface area (Å²) in [5.41, 5.74) is 0. The van der Waals surface area contributed by atoms with Crippen molar-refractivity contribution in [2.75, 3.05) is 7.11 Å². The topological polar surface area (TPSA) is 9.23 Å². The Balaban J connectivity index is 3.14. The van der Waals surface area contributed by atoms with E-state index in [9.17, 15) is 0 Å². The lowest BCUT2D eigenvalue weighted by Gasteiger charge is -2.02. The fraction of sp³-hybridized carbons (Fsp3) is 0.143. The highest BCUT2D eigenvalue weighted by Crippen LogP contribution is 2.31. The summed E-state index contributed by atoms with van der Waals surface area (Å²) in [6.07, 6.45) is 0. The number of halogens is 2. The molecule has 1 aromatic rings. The molecule has 0 heterocycles. The predicted octanol–water partition coefficient (Wildman–Crippen LogP) is 3.11. The fourth-order valence-electron chi connectivity index (χ4n) is 0.642. The van der Waals surface area contributed by atoms with Crippen LogP contribution in [0.1, 0.15) is 0 Å². The smallest absolute Gasteiger partial charge is 0.134 e.